The number of nitrogens with zero attached hydrogens (tertiary/aromatic N) is 2. The topological polar surface area (TPSA) is 69.9 Å². The molecule has 0 saturated heterocycles. The van der Waals surface area contributed by atoms with Crippen LogP contribution in [0.15, 0.2) is 82.2 Å². The third-order valence-corrected chi connectivity index (χ3v) is 6.48. The van der Waals surface area contributed by atoms with Crippen LogP contribution < -0.4 is 19.6 Å². The molecule has 1 aliphatic rings. The van der Waals surface area contributed by atoms with Crippen molar-refractivity contribution >= 4 is 35.0 Å². The van der Waals surface area contributed by atoms with Crippen LogP contribution in [0.2, 0.25) is 5.02 Å². The Kier molecular flexibility index (Phi) is 7.14. The van der Waals surface area contributed by atoms with Crippen molar-refractivity contribution in [3.63, 3.8) is 0 Å². The number of aromatic nitrogens is 1. The number of carbonyl (C=O) groups excluding carboxylic acids is 1. The van der Waals surface area contributed by atoms with Gasteiger partial charge in [0.1, 0.15) is 12.4 Å². The van der Waals surface area contributed by atoms with E-state index in [1.807, 2.05) is 24.3 Å². The molecule has 174 valence electrons. The van der Waals surface area contributed by atoms with Crippen molar-refractivity contribution in [2.45, 2.75) is 19.9 Å². The summed E-state index contributed by atoms with van der Waals surface area (Å²) in [5.41, 5.74) is 2.23. The highest BCUT2D eigenvalue weighted by atomic mass is 35.5. The zero-order valence-electron chi connectivity index (χ0n) is 18.8. The Bertz CT molecular complexity index is 1430. The zero-order valence-corrected chi connectivity index (χ0v) is 20.4. The van der Waals surface area contributed by atoms with E-state index in [0.717, 1.165) is 11.1 Å². The molecule has 0 amide bonds. The molecule has 8 heteroatoms. The molecule has 3 aromatic rings. The van der Waals surface area contributed by atoms with E-state index in [4.69, 9.17) is 21.1 Å². The molecular formula is C26H23ClN2O4S. The molecule has 1 aliphatic heterocycles. The second-order valence-corrected chi connectivity index (χ2v) is 8.97. The van der Waals surface area contributed by atoms with Crippen LogP contribution in [-0.2, 0) is 9.53 Å². The summed E-state index contributed by atoms with van der Waals surface area (Å²) in [6, 6.07) is 13.9. The Morgan fingerprint density at radius 1 is 1.21 bits per heavy atom. The van der Waals surface area contributed by atoms with Crippen molar-refractivity contribution in [1.82, 2.24) is 4.57 Å². The molecule has 0 saturated carbocycles. The number of hydrogen-bond donors (Lipinski definition) is 0. The monoisotopic (exact) mass is 494 g/mol. The van der Waals surface area contributed by atoms with Crippen molar-refractivity contribution in [2.24, 2.45) is 4.99 Å². The van der Waals surface area contributed by atoms with Gasteiger partial charge in [0, 0.05) is 5.02 Å². The molecule has 0 bridgehead atoms. The number of allylic oxidation sites excluding steroid dienone is 1. The second-order valence-electron chi connectivity index (χ2n) is 7.52. The molecule has 1 atom stereocenters. The number of hydrogen-bond acceptors (Lipinski definition) is 6. The first kappa shape index (κ1) is 23.7. The van der Waals surface area contributed by atoms with E-state index >= 15 is 0 Å². The largest absolute Gasteiger partial charge is 0.490 e. The Hall–Kier alpha value is -3.42. The average Bonchev–Trinajstić information content (AvgIpc) is 3.13. The fourth-order valence-electron chi connectivity index (χ4n) is 3.72. The summed E-state index contributed by atoms with van der Waals surface area (Å²) in [7, 11) is 0. The van der Waals surface area contributed by atoms with Gasteiger partial charge in [-0.3, -0.25) is 9.36 Å². The summed E-state index contributed by atoms with van der Waals surface area (Å²) in [5, 5.41) is 0.619. The van der Waals surface area contributed by atoms with Gasteiger partial charge in [-0.2, -0.15) is 0 Å². The molecule has 0 fully saturated rings. The van der Waals surface area contributed by atoms with Crippen LogP contribution in [0.3, 0.4) is 0 Å². The summed E-state index contributed by atoms with van der Waals surface area (Å²) in [5.74, 6) is 0.171. The molecule has 6 nitrogen and oxygen atoms in total. The van der Waals surface area contributed by atoms with E-state index in [-0.39, 0.29) is 12.2 Å². The van der Waals surface area contributed by atoms with E-state index < -0.39 is 12.0 Å². The van der Waals surface area contributed by atoms with Crippen LogP contribution in [0.25, 0.3) is 6.08 Å². The van der Waals surface area contributed by atoms with E-state index in [0.29, 0.717) is 38.0 Å². The number of fused-ring (bicyclic) bond motifs is 1. The van der Waals surface area contributed by atoms with Crippen LogP contribution in [0.5, 0.6) is 5.75 Å². The predicted molar refractivity (Wildman–Crippen MR) is 134 cm³/mol. The molecule has 0 unspecified atom stereocenters. The van der Waals surface area contributed by atoms with Gasteiger partial charge < -0.3 is 9.47 Å². The van der Waals surface area contributed by atoms with Crippen LogP contribution in [0.4, 0.5) is 0 Å². The molecular weight excluding hydrogens is 472 g/mol. The average molecular weight is 495 g/mol. The highest BCUT2D eigenvalue weighted by Gasteiger charge is 2.33. The Morgan fingerprint density at radius 3 is 2.56 bits per heavy atom. The molecule has 0 N–H and O–H groups in total. The van der Waals surface area contributed by atoms with Crippen molar-refractivity contribution < 1.29 is 14.3 Å². The van der Waals surface area contributed by atoms with Crippen LogP contribution >= 0.6 is 22.9 Å². The van der Waals surface area contributed by atoms with Crippen molar-refractivity contribution in [2.75, 3.05) is 13.2 Å². The van der Waals surface area contributed by atoms with Gasteiger partial charge in [-0.05, 0) is 55.3 Å². The van der Waals surface area contributed by atoms with Crippen molar-refractivity contribution in [3.05, 3.63) is 108 Å². The minimum atomic E-state index is -0.670. The zero-order chi connectivity index (χ0) is 24.2. The summed E-state index contributed by atoms with van der Waals surface area (Å²) >= 11 is 7.26. The minimum Gasteiger partial charge on any atom is -0.490 e. The van der Waals surface area contributed by atoms with E-state index in [1.54, 1.807) is 54.8 Å². The van der Waals surface area contributed by atoms with E-state index in [9.17, 15) is 9.59 Å². The second kappa shape index (κ2) is 10.2. The Morgan fingerprint density at radius 2 is 1.91 bits per heavy atom. The number of esters is 1. The number of ether oxygens (including phenoxy) is 2. The van der Waals surface area contributed by atoms with Gasteiger partial charge in [0.15, 0.2) is 4.80 Å². The summed E-state index contributed by atoms with van der Waals surface area (Å²) < 4.78 is 13.0. The van der Waals surface area contributed by atoms with Gasteiger partial charge in [-0.1, -0.05) is 59.9 Å². The maximum atomic E-state index is 13.6. The Labute approximate surface area is 205 Å². The van der Waals surface area contributed by atoms with E-state index in [2.05, 4.69) is 11.6 Å². The lowest BCUT2D eigenvalue weighted by molar-refractivity contribution is -0.139. The lowest BCUT2D eigenvalue weighted by atomic mass is 9.96. The molecule has 2 aromatic carbocycles. The maximum Gasteiger partial charge on any atom is 0.338 e. The van der Waals surface area contributed by atoms with Gasteiger partial charge in [0.25, 0.3) is 5.56 Å². The minimum absolute atomic E-state index is 0.220. The summed E-state index contributed by atoms with van der Waals surface area (Å²) in [6.07, 6.45) is 3.46. The fraction of sp³-hybridized carbons (Fsp3) is 0.192. The number of benzene rings is 2. The van der Waals surface area contributed by atoms with Gasteiger partial charge in [-0.25, -0.2) is 9.79 Å². The van der Waals surface area contributed by atoms with Crippen molar-refractivity contribution in [3.8, 4) is 5.75 Å². The first-order valence-corrected chi connectivity index (χ1v) is 11.9. The van der Waals surface area contributed by atoms with Gasteiger partial charge in [0.05, 0.1) is 28.5 Å². The molecule has 0 radical (unpaired) electrons. The molecule has 4 rings (SSSR count). The number of halogens is 1. The summed E-state index contributed by atoms with van der Waals surface area (Å²) in [6.45, 7) is 7.76. The molecule has 2 heterocycles. The van der Waals surface area contributed by atoms with E-state index in [1.165, 1.54) is 11.3 Å². The lowest BCUT2D eigenvalue weighted by Crippen LogP contribution is -2.39. The predicted octanol–water partition coefficient (Wildman–Crippen LogP) is 4.02. The SMILES string of the molecule is C=CCOc1ccc([C@@H]2C(C(=O)OCC)=C(C)N=c3s/c(=C\c4ccc(Cl)cc4)c(=O)n32)cc1. The molecule has 34 heavy (non-hydrogen) atoms. The van der Waals surface area contributed by atoms with Gasteiger partial charge in [-0.15, -0.1) is 0 Å². The number of rotatable bonds is 7. The summed E-state index contributed by atoms with van der Waals surface area (Å²) in [4.78, 5) is 31.6. The van der Waals surface area contributed by atoms with Crippen LogP contribution in [0.1, 0.15) is 31.0 Å². The normalized spacial score (nSPS) is 15.5. The third kappa shape index (κ3) is 4.76. The first-order chi connectivity index (χ1) is 16.4. The smallest absolute Gasteiger partial charge is 0.338 e. The standard InChI is InChI=1S/C26H23ClN2O4S/c1-4-14-33-20-12-8-18(9-13-20)23-22(25(31)32-5-2)16(3)28-26-29(23)24(30)21(34-26)15-17-6-10-19(27)11-7-17/h4,6-13,15,23H,1,5,14H2,2-3H3/b21-15-/t23-/m1/s1. The quantitative estimate of drug-likeness (QED) is 0.367. The fourth-order valence-corrected chi connectivity index (χ4v) is 4.89. The van der Waals surface area contributed by atoms with Crippen molar-refractivity contribution in [1.29, 1.82) is 0 Å². The molecule has 1 aromatic heterocycles. The number of thiazole rings is 1. The molecule has 0 aliphatic carbocycles. The first-order valence-electron chi connectivity index (χ1n) is 10.7. The highest BCUT2D eigenvalue weighted by Crippen LogP contribution is 2.31. The van der Waals surface area contributed by atoms with Crippen LogP contribution in [0, 0.1) is 0 Å². The maximum absolute atomic E-state index is 13.6. The van der Waals surface area contributed by atoms with Crippen LogP contribution in [-0.4, -0.2) is 23.8 Å². The Balaban J connectivity index is 1.88. The number of carbonyl (C=O) groups is 1. The highest BCUT2D eigenvalue weighted by molar-refractivity contribution is 7.07. The van der Waals surface area contributed by atoms with Gasteiger partial charge >= 0.3 is 5.97 Å². The van der Waals surface area contributed by atoms with Gasteiger partial charge in [0.2, 0.25) is 0 Å². The third-order valence-electron chi connectivity index (χ3n) is 5.25. The molecule has 0 spiro atoms. The lowest BCUT2D eigenvalue weighted by Gasteiger charge is -2.24.